The minimum atomic E-state index is -0.753. The summed E-state index contributed by atoms with van der Waals surface area (Å²) in [5, 5.41) is 0. The highest BCUT2D eigenvalue weighted by Gasteiger charge is 2.25. The minimum absolute atomic E-state index is 0.0947. The van der Waals surface area contributed by atoms with Gasteiger partial charge in [0, 0.05) is 41.1 Å². The number of nitrogen functional groups attached to an aromatic ring is 1. The maximum atomic E-state index is 12.3. The second kappa shape index (κ2) is 5.52. The van der Waals surface area contributed by atoms with Crippen LogP contribution in [-0.2, 0) is 15.6 Å². The molecule has 1 amide bonds. The van der Waals surface area contributed by atoms with Crippen LogP contribution in [0.2, 0.25) is 0 Å². The monoisotopic (exact) mass is 266 g/mol. The molecule has 1 atom stereocenters. The molecule has 1 aliphatic heterocycles. The summed E-state index contributed by atoms with van der Waals surface area (Å²) < 4.78 is 11.3. The zero-order chi connectivity index (χ0) is 13.1. The second-order valence-corrected chi connectivity index (χ2v) is 6.26. The van der Waals surface area contributed by atoms with Crippen molar-refractivity contribution >= 4 is 22.4 Å². The average Bonchev–Trinajstić information content (AvgIpc) is 2.38. The lowest BCUT2D eigenvalue weighted by Crippen LogP contribution is -2.43. The molecular formula is C13H18N2O2S. The maximum absolute atomic E-state index is 12.3. The number of anilines is 1. The van der Waals surface area contributed by atoms with Crippen LogP contribution in [-0.4, -0.2) is 39.6 Å². The topological polar surface area (TPSA) is 63.4 Å². The molecule has 18 heavy (non-hydrogen) atoms. The molecule has 1 saturated heterocycles. The summed E-state index contributed by atoms with van der Waals surface area (Å²) in [7, 11) is -0.753. The normalized spacial score (nSPS) is 18.6. The van der Waals surface area contributed by atoms with Gasteiger partial charge in [-0.15, -0.1) is 0 Å². The number of hydrogen-bond donors (Lipinski definition) is 1. The van der Waals surface area contributed by atoms with Crippen LogP contribution in [0.5, 0.6) is 0 Å². The Morgan fingerprint density at radius 2 is 2.06 bits per heavy atom. The molecule has 2 N–H and O–H groups in total. The van der Waals surface area contributed by atoms with Gasteiger partial charge in [-0.25, -0.2) is 0 Å². The summed E-state index contributed by atoms with van der Waals surface area (Å²) in [4.78, 5) is 14.1. The molecule has 1 aromatic rings. The molecule has 0 bridgehead atoms. The first-order valence-corrected chi connectivity index (χ1v) is 7.56. The van der Waals surface area contributed by atoms with Gasteiger partial charge in [0.15, 0.2) is 0 Å². The molecule has 0 radical (unpaired) electrons. The van der Waals surface area contributed by atoms with Crippen molar-refractivity contribution in [1.82, 2.24) is 4.90 Å². The Morgan fingerprint density at radius 3 is 2.67 bits per heavy atom. The van der Waals surface area contributed by atoms with Crippen molar-refractivity contribution in [3.8, 4) is 0 Å². The van der Waals surface area contributed by atoms with E-state index in [1.54, 1.807) is 4.90 Å². The maximum Gasteiger partial charge on any atom is 0.229 e. The van der Waals surface area contributed by atoms with Crippen LogP contribution in [0.4, 0.5) is 5.69 Å². The first-order valence-electron chi connectivity index (χ1n) is 6.07. The molecule has 5 heteroatoms. The van der Waals surface area contributed by atoms with Crippen LogP contribution < -0.4 is 5.73 Å². The fourth-order valence-electron chi connectivity index (χ4n) is 2.10. The molecule has 1 aliphatic rings. The Balaban J connectivity index is 2.07. The van der Waals surface area contributed by atoms with Crippen LogP contribution in [0.25, 0.3) is 0 Å². The Bertz CT molecular complexity index is 466. The predicted octanol–water partition coefficient (Wildman–Crippen LogP) is 0.963. The van der Waals surface area contributed by atoms with Crippen molar-refractivity contribution in [3.05, 3.63) is 29.8 Å². The van der Waals surface area contributed by atoms with Gasteiger partial charge in [0.2, 0.25) is 5.91 Å². The van der Waals surface area contributed by atoms with Crippen molar-refractivity contribution in [2.45, 2.75) is 12.8 Å². The molecule has 1 unspecified atom stereocenters. The van der Waals surface area contributed by atoms with E-state index < -0.39 is 10.8 Å². The van der Waals surface area contributed by atoms with Crippen LogP contribution in [0, 0.1) is 0 Å². The van der Waals surface area contributed by atoms with Crippen LogP contribution in [0.15, 0.2) is 24.3 Å². The molecule has 0 aliphatic carbocycles. The van der Waals surface area contributed by atoms with E-state index in [0.717, 1.165) is 5.56 Å². The second-order valence-electron chi connectivity index (χ2n) is 4.57. The Hall–Kier alpha value is -1.36. The number of benzene rings is 1. The summed E-state index contributed by atoms with van der Waals surface area (Å²) in [5.41, 5.74) is 7.34. The molecule has 4 nitrogen and oxygen atoms in total. The van der Waals surface area contributed by atoms with Crippen LogP contribution in [0.1, 0.15) is 18.4 Å². The number of rotatable bonds is 2. The molecule has 0 saturated carbocycles. The van der Waals surface area contributed by atoms with Gasteiger partial charge < -0.3 is 10.6 Å². The lowest BCUT2D eigenvalue weighted by molar-refractivity contribution is -0.132. The fourth-order valence-corrected chi connectivity index (χ4v) is 3.16. The quantitative estimate of drug-likeness (QED) is 0.811. The Labute approximate surface area is 110 Å². The molecule has 1 fully saturated rings. The lowest BCUT2D eigenvalue weighted by Gasteiger charge is -2.29. The standard InChI is InChI=1S/C13H18N2O2S/c1-10(11-3-2-4-12(14)9-11)13(16)15-5-7-18(17)8-6-15/h2-4,9-10H,5-8,14H2,1H3. The van der Waals surface area contributed by atoms with E-state index in [1.807, 2.05) is 31.2 Å². The molecule has 98 valence electrons. The van der Waals surface area contributed by atoms with Crippen molar-refractivity contribution in [3.63, 3.8) is 0 Å². The number of hydrogen-bond acceptors (Lipinski definition) is 3. The zero-order valence-electron chi connectivity index (χ0n) is 10.5. The average molecular weight is 266 g/mol. The van der Waals surface area contributed by atoms with E-state index in [1.165, 1.54) is 0 Å². The van der Waals surface area contributed by atoms with Crippen molar-refractivity contribution in [1.29, 1.82) is 0 Å². The summed E-state index contributed by atoms with van der Waals surface area (Å²) in [6.07, 6.45) is 0. The van der Waals surface area contributed by atoms with Gasteiger partial charge in [0.1, 0.15) is 0 Å². The van der Waals surface area contributed by atoms with Gasteiger partial charge in [0.05, 0.1) is 5.92 Å². The SMILES string of the molecule is CC(C(=O)N1CCS(=O)CC1)c1cccc(N)c1. The molecule has 1 heterocycles. The number of carbonyl (C=O) groups is 1. The first kappa shape index (κ1) is 13.1. The van der Waals surface area contributed by atoms with Crippen LogP contribution in [0.3, 0.4) is 0 Å². The third kappa shape index (κ3) is 2.90. The lowest BCUT2D eigenvalue weighted by atomic mass is 9.99. The fraction of sp³-hybridized carbons (Fsp3) is 0.462. The number of amides is 1. The molecule has 0 aromatic heterocycles. The first-order chi connectivity index (χ1) is 8.58. The van der Waals surface area contributed by atoms with Gasteiger partial charge in [-0.3, -0.25) is 9.00 Å². The van der Waals surface area contributed by atoms with E-state index in [-0.39, 0.29) is 11.8 Å². The smallest absolute Gasteiger partial charge is 0.229 e. The molecule has 1 aromatic carbocycles. The van der Waals surface area contributed by atoms with Crippen molar-refractivity contribution in [2.24, 2.45) is 0 Å². The third-order valence-corrected chi connectivity index (χ3v) is 4.55. The molecule has 0 spiro atoms. The minimum Gasteiger partial charge on any atom is -0.399 e. The van der Waals surface area contributed by atoms with E-state index in [2.05, 4.69) is 0 Å². The Kier molecular flexibility index (Phi) is 4.01. The molecular weight excluding hydrogens is 248 g/mol. The predicted molar refractivity (Wildman–Crippen MR) is 73.7 cm³/mol. The number of nitrogens with two attached hydrogens (primary N) is 1. The third-order valence-electron chi connectivity index (χ3n) is 3.27. The van der Waals surface area contributed by atoms with E-state index >= 15 is 0 Å². The highest BCUT2D eigenvalue weighted by molar-refractivity contribution is 7.85. The van der Waals surface area contributed by atoms with Crippen molar-refractivity contribution < 1.29 is 9.00 Å². The van der Waals surface area contributed by atoms with Gasteiger partial charge in [-0.1, -0.05) is 12.1 Å². The highest BCUT2D eigenvalue weighted by atomic mass is 32.2. The summed E-state index contributed by atoms with van der Waals surface area (Å²) >= 11 is 0. The molecule has 2 rings (SSSR count). The zero-order valence-corrected chi connectivity index (χ0v) is 11.3. The number of carbonyl (C=O) groups excluding carboxylic acids is 1. The number of nitrogens with zero attached hydrogens (tertiary/aromatic N) is 1. The summed E-state index contributed by atoms with van der Waals surface area (Å²) in [5.74, 6) is 1.09. The van der Waals surface area contributed by atoms with Gasteiger partial charge in [-0.2, -0.15) is 0 Å². The van der Waals surface area contributed by atoms with E-state index in [0.29, 0.717) is 30.3 Å². The van der Waals surface area contributed by atoms with E-state index in [4.69, 9.17) is 5.73 Å². The van der Waals surface area contributed by atoms with E-state index in [9.17, 15) is 9.00 Å². The van der Waals surface area contributed by atoms with Gasteiger partial charge >= 0.3 is 0 Å². The van der Waals surface area contributed by atoms with Crippen molar-refractivity contribution in [2.75, 3.05) is 30.3 Å². The Morgan fingerprint density at radius 1 is 1.39 bits per heavy atom. The largest absolute Gasteiger partial charge is 0.399 e. The highest BCUT2D eigenvalue weighted by Crippen LogP contribution is 2.20. The van der Waals surface area contributed by atoms with Gasteiger partial charge in [-0.05, 0) is 24.6 Å². The van der Waals surface area contributed by atoms with Gasteiger partial charge in [0.25, 0.3) is 0 Å². The summed E-state index contributed by atoms with van der Waals surface area (Å²) in [6.45, 7) is 3.08. The van der Waals surface area contributed by atoms with Crippen LogP contribution >= 0.6 is 0 Å². The summed E-state index contributed by atoms with van der Waals surface area (Å²) in [6, 6.07) is 7.43.